The van der Waals surface area contributed by atoms with Gasteiger partial charge in [-0.2, -0.15) is 0 Å². The van der Waals surface area contributed by atoms with Gasteiger partial charge in [0, 0.05) is 6.04 Å². The third-order valence-corrected chi connectivity index (χ3v) is 2.08. The maximum absolute atomic E-state index is 9.46. The molecule has 4 nitrogen and oxygen atoms in total. The zero-order valence-electron chi connectivity index (χ0n) is 8.44. The molecule has 2 N–H and O–H groups in total. The van der Waals surface area contributed by atoms with E-state index in [-0.39, 0.29) is 44.6 Å². The molecule has 0 amide bonds. The Balaban J connectivity index is 0. The molecule has 5 heteroatoms. The van der Waals surface area contributed by atoms with Crippen molar-refractivity contribution in [1.29, 1.82) is 0 Å². The number of rotatable bonds is 1. The number of hydrogen-bond acceptors (Lipinski definition) is 3. The van der Waals surface area contributed by atoms with Crippen LogP contribution in [0.1, 0.15) is 0 Å². The Morgan fingerprint density at radius 2 is 1.77 bits per heavy atom. The van der Waals surface area contributed by atoms with E-state index in [4.69, 9.17) is 0 Å². The first-order chi connectivity index (χ1) is 5.13. The van der Waals surface area contributed by atoms with E-state index in [1.807, 2.05) is 19.0 Å². The molecule has 0 aliphatic carbocycles. The maximum Gasteiger partial charge on any atom is 2.00 e. The second-order valence-corrected chi connectivity index (χ2v) is 3.18. The van der Waals surface area contributed by atoms with E-state index in [1.165, 1.54) is 0 Å². The van der Waals surface area contributed by atoms with Gasteiger partial charge in [-0.3, -0.25) is 0 Å². The third-order valence-electron chi connectivity index (χ3n) is 2.08. The van der Waals surface area contributed by atoms with Crippen LogP contribution >= 0.6 is 0 Å². The molecule has 76 valence electrons. The predicted molar refractivity (Wildman–Crippen MR) is 49.0 cm³/mol. The Labute approximate surface area is 104 Å². The Kier molecular flexibility index (Phi) is 9.07. The summed E-state index contributed by atoms with van der Waals surface area (Å²) in [5.41, 5.74) is 0. The van der Waals surface area contributed by atoms with E-state index in [2.05, 4.69) is 5.32 Å². The summed E-state index contributed by atoms with van der Waals surface area (Å²) in [6.07, 6.45) is -1.33. The van der Waals surface area contributed by atoms with Gasteiger partial charge in [0.15, 0.2) is 0 Å². The van der Waals surface area contributed by atoms with Gasteiger partial charge < -0.3 is 27.9 Å². The van der Waals surface area contributed by atoms with Crippen molar-refractivity contribution in [3.8, 4) is 0 Å². The second kappa shape index (κ2) is 7.22. The third kappa shape index (κ3) is 4.29. The quantitative estimate of drug-likeness (QED) is 0.570. The summed E-state index contributed by atoms with van der Waals surface area (Å²) in [5, 5.41) is 22.7. The van der Waals surface area contributed by atoms with E-state index >= 15 is 0 Å². The molecule has 13 heavy (non-hydrogen) atoms. The van der Waals surface area contributed by atoms with Gasteiger partial charge in [-0.15, -0.1) is 13.1 Å². The summed E-state index contributed by atoms with van der Waals surface area (Å²) in [6.45, 7) is 0.983. The standard InChI is InChI=1S/C7H15N2O2.CH3.U/c1-9(2)5-3-8-4-6(10)7(5)11;;/h5-7,10-11H,3-4H2,1-2H3;1H3;/q2*-1;+2/t5-,6-,7+;;/m0../s1. The van der Waals surface area contributed by atoms with Crippen molar-refractivity contribution in [2.75, 3.05) is 27.2 Å². The number of aliphatic hydroxyl groups is 2. The molecule has 1 aliphatic rings. The first kappa shape index (κ1) is 16.3. The minimum Gasteiger partial charge on any atom is -0.659 e. The second-order valence-electron chi connectivity index (χ2n) is 3.18. The van der Waals surface area contributed by atoms with E-state index in [0.717, 1.165) is 0 Å². The van der Waals surface area contributed by atoms with Crippen LogP contribution < -0.4 is 0 Å². The molecule has 1 heterocycles. The minimum absolute atomic E-state index is 0. The molecule has 0 aromatic heterocycles. The first-order valence-electron chi connectivity index (χ1n) is 3.78. The molecule has 1 rings (SSSR count). The number of aliphatic hydroxyl groups excluding tert-OH is 2. The molecular weight excluding hydrogens is 394 g/mol. The summed E-state index contributed by atoms with van der Waals surface area (Å²) in [4.78, 5) is 1.89. The molecule has 0 spiro atoms. The van der Waals surface area contributed by atoms with Crippen LogP contribution in [0.5, 0.6) is 0 Å². The molecule has 0 bridgehead atoms. The Hall–Kier alpha value is 0.892. The molecule has 1 aliphatic heterocycles. The number of likely N-dealkylation sites (N-methyl/N-ethyl adjacent to an activating group) is 1. The van der Waals surface area contributed by atoms with Crippen molar-refractivity contribution in [3.05, 3.63) is 12.7 Å². The number of hydrogen-bond donors (Lipinski definition) is 2. The van der Waals surface area contributed by atoms with Crippen molar-refractivity contribution in [3.63, 3.8) is 0 Å². The molecule has 1 fully saturated rings. The fraction of sp³-hybridized carbons (Fsp3) is 0.875. The molecule has 0 unspecified atom stereocenters. The van der Waals surface area contributed by atoms with Gasteiger partial charge >= 0.3 is 31.1 Å². The summed E-state index contributed by atoms with van der Waals surface area (Å²) in [6, 6.07) is -0.0289. The van der Waals surface area contributed by atoms with E-state index in [0.29, 0.717) is 13.1 Å². The van der Waals surface area contributed by atoms with E-state index < -0.39 is 12.2 Å². The van der Waals surface area contributed by atoms with Gasteiger partial charge in [0.25, 0.3) is 0 Å². The number of nitrogens with zero attached hydrogens (tertiary/aromatic N) is 2. The van der Waals surface area contributed by atoms with Crippen LogP contribution in [0.25, 0.3) is 5.32 Å². The topological polar surface area (TPSA) is 57.8 Å². The Bertz CT molecular complexity index is 135. The van der Waals surface area contributed by atoms with Crippen LogP contribution in [0.4, 0.5) is 0 Å². The van der Waals surface area contributed by atoms with Crippen LogP contribution in [-0.2, 0) is 0 Å². The smallest absolute Gasteiger partial charge is 0.659 e. The summed E-state index contributed by atoms with van der Waals surface area (Å²) in [7, 11) is 3.75. The van der Waals surface area contributed by atoms with Crippen molar-refractivity contribution in [2.24, 2.45) is 0 Å². The number of piperidine rings is 1. The van der Waals surface area contributed by atoms with Crippen molar-refractivity contribution in [1.82, 2.24) is 4.90 Å². The van der Waals surface area contributed by atoms with Crippen LogP contribution in [0, 0.1) is 38.5 Å². The SMILES string of the molecule is CN(C)[C@H]1C[N-]C[C@H](O)[C@@H]1O.[CH3-].[U+2]. The minimum atomic E-state index is -0.684. The first-order valence-corrected chi connectivity index (χ1v) is 3.78. The molecule has 0 saturated carbocycles. The molecule has 0 aromatic rings. The van der Waals surface area contributed by atoms with Crippen LogP contribution in [-0.4, -0.2) is 60.5 Å². The fourth-order valence-corrected chi connectivity index (χ4v) is 1.28. The average Bonchev–Trinajstić information content (AvgIpc) is 1.94. The monoisotopic (exact) mass is 412 g/mol. The molecule has 3 atom stereocenters. The summed E-state index contributed by atoms with van der Waals surface area (Å²) < 4.78 is 0. The molecule has 0 aromatic carbocycles. The van der Waals surface area contributed by atoms with Gasteiger partial charge in [-0.1, -0.05) is 0 Å². The molecule has 1 saturated heterocycles. The normalized spacial score (nSPS) is 33.5. The fourth-order valence-electron chi connectivity index (χ4n) is 1.28. The van der Waals surface area contributed by atoms with Gasteiger partial charge in [-0.05, 0) is 14.1 Å². The van der Waals surface area contributed by atoms with Gasteiger partial charge in [0.1, 0.15) is 0 Å². The van der Waals surface area contributed by atoms with E-state index in [9.17, 15) is 10.2 Å². The van der Waals surface area contributed by atoms with Crippen molar-refractivity contribution in [2.45, 2.75) is 18.2 Å². The van der Waals surface area contributed by atoms with Crippen molar-refractivity contribution >= 4 is 0 Å². The molecule has 0 radical (unpaired) electrons. The summed E-state index contributed by atoms with van der Waals surface area (Å²) >= 11 is 0. The maximum atomic E-state index is 9.46. The van der Waals surface area contributed by atoms with Crippen LogP contribution in [0.15, 0.2) is 0 Å². The van der Waals surface area contributed by atoms with Gasteiger partial charge in [0.05, 0.1) is 12.2 Å². The summed E-state index contributed by atoms with van der Waals surface area (Å²) in [5.74, 6) is 0. The van der Waals surface area contributed by atoms with E-state index in [1.54, 1.807) is 0 Å². The zero-order valence-corrected chi connectivity index (χ0v) is 12.6. The Morgan fingerprint density at radius 1 is 1.23 bits per heavy atom. The largest absolute Gasteiger partial charge is 2.00 e. The van der Waals surface area contributed by atoms with Gasteiger partial charge in [-0.25, -0.2) is 0 Å². The predicted octanol–water partition coefficient (Wildman–Crippen LogP) is -0.524. The van der Waals surface area contributed by atoms with Crippen molar-refractivity contribution < 1.29 is 41.3 Å². The van der Waals surface area contributed by atoms with Crippen LogP contribution in [0.2, 0.25) is 0 Å². The van der Waals surface area contributed by atoms with Crippen LogP contribution in [0.3, 0.4) is 0 Å². The molecular formula is C8H18N2O2U. The Morgan fingerprint density at radius 3 is 2.15 bits per heavy atom. The zero-order chi connectivity index (χ0) is 8.43. The van der Waals surface area contributed by atoms with Gasteiger partial charge in [0.2, 0.25) is 0 Å². The average molecular weight is 412 g/mol.